The molecular weight excluding hydrogens is 408 g/mol. The summed E-state index contributed by atoms with van der Waals surface area (Å²) >= 11 is 0. The molecule has 0 radical (unpaired) electrons. The SMILES string of the molecule is Cc1ccc(NC(=O)OC(C)(C)C)c(OCC(=O)Nc2ccc(S(C)(=O)=O)cc2)c1. The fraction of sp³-hybridized carbons (Fsp3) is 0.333. The number of amides is 2. The summed E-state index contributed by atoms with van der Waals surface area (Å²) < 4.78 is 33.8. The summed E-state index contributed by atoms with van der Waals surface area (Å²) in [7, 11) is -3.31. The predicted molar refractivity (Wildman–Crippen MR) is 115 cm³/mol. The third-order valence-electron chi connectivity index (χ3n) is 3.70. The first-order valence-corrected chi connectivity index (χ1v) is 11.1. The second-order valence-corrected chi connectivity index (χ2v) is 9.78. The number of hydrogen-bond acceptors (Lipinski definition) is 6. The molecule has 0 bridgehead atoms. The molecule has 0 unspecified atom stereocenters. The van der Waals surface area contributed by atoms with Crippen LogP contribution in [0, 0.1) is 6.92 Å². The predicted octanol–water partition coefficient (Wildman–Crippen LogP) is 3.76. The molecule has 0 aliphatic carbocycles. The van der Waals surface area contributed by atoms with Crippen LogP contribution in [-0.2, 0) is 19.4 Å². The minimum absolute atomic E-state index is 0.161. The highest BCUT2D eigenvalue weighted by molar-refractivity contribution is 7.90. The lowest BCUT2D eigenvalue weighted by Gasteiger charge is -2.20. The molecule has 30 heavy (non-hydrogen) atoms. The van der Waals surface area contributed by atoms with E-state index in [2.05, 4.69) is 10.6 Å². The van der Waals surface area contributed by atoms with Gasteiger partial charge in [0.15, 0.2) is 16.4 Å². The average molecular weight is 435 g/mol. The molecule has 9 heteroatoms. The van der Waals surface area contributed by atoms with Crippen molar-refractivity contribution >= 4 is 33.2 Å². The van der Waals surface area contributed by atoms with E-state index in [4.69, 9.17) is 9.47 Å². The van der Waals surface area contributed by atoms with Gasteiger partial charge in [0.2, 0.25) is 0 Å². The third kappa shape index (κ3) is 7.40. The molecule has 2 rings (SSSR count). The quantitative estimate of drug-likeness (QED) is 0.716. The van der Waals surface area contributed by atoms with Gasteiger partial charge in [-0.1, -0.05) is 6.07 Å². The zero-order valence-electron chi connectivity index (χ0n) is 17.6. The van der Waals surface area contributed by atoms with E-state index in [1.54, 1.807) is 39.0 Å². The number of benzene rings is 2. The number of ether oxygens (including phenoxy) is 2. The van der Waals surface area contributed by atoms with E-state index in [0.717, 1.165) is 11.8 Å². The first-order valence-electron chi connectivity index (χ1n) is 9.17. The van der Waals surface area contributed by atoms with Crippen molar-refractivity contribution in [2.75, 3.05) is 23.5 Å². The Kier molecular flexibility index (Phi) is 7.09. The standard InChI is InChI=1S/C21H26N2O6S/c1-14-6-11-17(23-20(25)29-21(2,3)4)18(12-14)28-13-19(24)22-15-7-9-16(10-8-15)30(5,26)27/h6-12H,13H2,1-5H3,(H,22,24)(H,23,25). The van der Waals surface area contributed by atoms with Crippen molar-refractivity contribution in [2.24, 2.45) is 0 Å². The smallest absolute Gasteiger partial charge is 0.412 e. The van der Waals surface area contributed by atoms with Crippen molar-refractivity contribution in [3.8, 4) is 5.75 Å². The summed E-state index contributed by atoms with van der Waals surface area (Å²) in [6, 6.07) is 11.0. The Morgan fingerprint density at radius 3 is 2.20 bits per heavy atom. The Balaban J connectivity index is 2.01. The first-order chi connectivity index (χ1) is 13.8. The summed E-state index contributed by atoms with van der Waals surface area (Å²) in [6.07, 6.45) is 0.478. The molecule has 162 valence electrons. The molecule has 0 aliphatic heterocycles. The van der Waals surface area contributed by atoms with Gasteiger partial charge in [0.1, 0.15) is 11.4 Å². The Morgan fingerprint density at radius 2 is 1.63 bits per heavy atom. The molecule has 0 saturated carbocycles. The summed E-state index contributed by atoms with van der Waals surface area (Å²) in [5.41, 5.74) is 1.05. The fourth-order valence-corrected chi connectivity index (χ4v) is 3.02. The lowest BCUT2D eigenvalue weighted by Crippen LogP contribution is -2.27. The Labute approximate surface area is 176 Å². The molecule has 0 atom stereocenters. The molecule has 2 aromatic rings. The number of carbonyl (C=O) groups is 2. The van der Waals surface area contributed by atoms with E-state index in [1.165, 1.54) is 24.3 Å². The number of anilines is 2. The maximum Gasteiger partial charge on any atom is 0.412 e. The minimum Gasteiger partial charge on any atom is -0.482 e. The normalized spacial score (nSPS) is 11.5. The largest absolute Gasteiger partial charge is 0.482 e. The Hall–Kier alpha value is -3.07. The highest BCUT2D eigenvalue weighted by Crippen LogP contribution is 2.26. The molecular formula is C21H26N2O6S. The average Bonchev–Trinajstić information content (AvgIpc) is 2.60. The van der Waals surface area contributed by atoms with Crippen LogP contribution >= 0.6 is 0 Å². The third-order valence-corrected chi connectivity index (χ3v) is 4.83. The van der Waals surface area contributed by atoms with E-state index in [1.807, 2.05) is 6.92 Å². The highest BCUT2D eigenvalue weighted by Gasteiger charge is 2.18. The van der Waals surface area contributed by atoms with Gasteiger partial charge in [0.25, 0.3) is 5.91 Å². The van der Waals surface area contributed by atoms with Gasteiger partial charge < -0.3 is 14.8 Å². The molecule has 0 aromatic heterocycles. The van der Waals surface area contributed by atoms with Crippen LogP contribution < -0.4 is 15.4 Å². The lowest BCUT2D eigenvalue weighted by atomic mass is 10.2. The van der Waals surface area contributed by atoms with Crippen LogP contribution in [0.2, 0.25) is 0 Å². The molecule has 8 nitrogen and oxygen atoms in total. The van der Waals surface area contributed by atoms with Crippen LogP contribution in [0.5, 0.6) is 5.75 Å². The molecule has 2 amide bonds. The second kappa shape index (κ2) is 9.17. The maximum atomic E-state index is 12.2. The van der Waals surface area contributed by atoms with Gasteiger partial charge in [-0.25, -0.2) is 13.2 Å². The van der Waals surface area contributed by atoms with E-state index in [-0.39, 0.29) is 11.5 Å². The van der Waals surface area contributed by atoms with Crippen molar-refractivity contribution in [1.29, 1.82) is 0 Å². The van der Waals surface area contributed by atoms with Gasteiger partial charge in [0, 0.05) is 11.9 Å². The maximum absolute atomic E-state index is 12.2. The molecule has 0 aliphatic rings. The molecule has 0 heterocycles. The second-order valence-electron chi connectivity index (χ2n) is 7.76. The van der Waals surface area contributed by atoms with Gasteiger partial charge in [0.05, 0.1) is 10.6 Å². The zero-order chi connectivity index (χ0) is 22.5. The van der Waals surface area contributed by atoms with E-state index < -0.39 is 27.4 Å². The number of nitrogens with one attached hydrogen (secondary N) is 2. The number of carbonyl (C=O) groups excluding carboxylic acids is 2. The van der Waals surface area contributed by atoms with Crippen LogP contribution in [0.4, 0.5) is 16.2 Å². The number of sulfone groups is 1. The van der Waals surface area contributed by atoms with Crippen LogP contribution in [0.15, 0.2) is 47.4 Å². The van der Waals surface area contributed by atoms with Gasteiger partial charge in [-0.15, -0.1) is 0 Å². The Bertz CT molecular complexity index is 1020. The van der Waals surface area contributed by atoms with Gasteiger partial charge in [-0.05, 0) is 69.7 Å². The van der Waals surface area contributed by atoms with Gasteiger partial charge >= 0.3 is 6.09 Å². The van der Waals surface area contributed by atoms with Crippen molar-refractivity contribution < 1.29 is 27.5 Å². The fourth-order valence-electron chi connectivity index (χ4n) is 2.39. The summed E-state index contributed by atoms with van der Waals surface area (Å²) in [5.74, 6) is -0.115. The zero-order valence-corrected chi connectivity index (χ0v) is 18.4. The van der Waals surface area contributed by atoms with E-state index >= 15 is 0 Å². The van der Waals surface area contributed by atoms with Crippen molar-refractivity contribution in [3.05, 3.63) is 48.0 Å². The number of rotatable bonds is 6. The van der Waals surface area contributed by atoms with Crippen LogP contribution in [0.1, 0.15) is 26.3 Å². The summed E-state index contributed by atoms with van der Waals surface area (Å²) in [5, 5.41) is 5.24. The summed E-state index contributed by atoms with van der Waals surface area (Å²) in [4.78, 5) is 24.4. The van der Waals surface area contributed by atoms with E-state index in [0.29, 0.717) is 17.1 Å². The minimum atomic E-state index is -3.31. The molecule has 0 fully saturated rings. The van der Waals surface area contributed by atoms with Gasteiger partial charge in [-0.2, -0.15) is 0 Å². The number of hydrogen-bond donors (Lipinski definition) is 2. The van der Waals surface area contributed by atoms with Crippen LogP contribution in [0.25, 0.3) is 0 Å². The highest BCUT2D eigenvalue weighted by atomic mass is 32.2. The monoisotopic (exact) mass is 434 g/mol. The van der Waals surface area contributed by atoms with Crippen LogP contribution in [-0.4, -0.2) is 38.9 Å². The van der Waals surface area contributed by atoms with Crippen molar-refractivity contribution in [1.82, 2.24) is 0 Å². The van der Waals surface area contributed by atoms with E-state index in [9.17, 15) is 18.0 Å². The molecule has 2 aromatic carbocycles. The molecule has 0 saturated heterocycles. The Morgan fingerprint density at radius 1 is 1.00 bits per heavy atom. The first kappa shape index (κ1) is 23.2. The molecule has 2 N–H and O–H groups in total. The van der Waals surface area contributed by atoms with Crippen molar-refractivity contribution in [3.63, 3.8) is 0 Å². The van der Waals surface area contributed by atoms with Crippen molar-refractivity contribution in [2.45, 2.75) is 38.2 Å². The molecule has 0 spiro atoms. The topological polar surface area (TPSA) is 111 Å². The van der Waals surface area contributed by atoms with Gasteiger partial charge in [-0.3, -0.25) is 10.1 Å². The number of aryl methyl sites for hydroxylation is 1. The van der Waals surface area contributed by atoms with Crippen LogP contribution in [0.3, 0.4) is 0 Å². The summed E-state index contributed by atoms with van der Waals surface area (Å²) in [6.45, 7) is 6.82. The lowest BCUT2D eigenvalue weighted by molar-refractivity contribution is -0.118.